The van der Waals surface area contributed by atoms with E-state index in [0.717, 1.165) is 11.1 Å². The van der Waals surface area contributed by atoms with Crippen molar-refractivity contribution in [2.75, 3.05) is 6.54 Å². The minimum Gasteiger partial charge on any atom is -0.508 e. The predicted octanol–water partition coefficient (Wildman–Crippen LogP) is 2.96. The van der Waals surface area contributed by atoms with E-state index in [4.69, 9.17) is 0 Å². The van der Waals surface area contributed by atoms with Crippen molar-refractivity contribution in [3.63, 3.8) is 0 Å². The normalized spacial score (nSPS) is 11.2. The van der Waals surface area contributed by atoms with Crippen LogP contribution in [0.3, 0.4) is 0 Å². The number of hydrogen-bond donors (Lipinski definition) is 4. The molecule has 7 heteroatoms. The number of carbonyl (C=O) groups excluding carboxylic acids is 3. The van der Waals surface area contributed by atoms with Crippen LogP contribution in [-0.2, 0) is 22.6 Å². The van der Waals surface area contributed by atoms with Crippen molar-refractivity contribution in [2.24, 2.45) is 0 Å². The monoisotopic (exact) mass is 441 g/mol. The molecule has 174 valence electrons. The van der Waals surface area contributed by atoms with Gasteiger partial charge in [0.25, 0.3) is 0 Å². The van der Waals surface area contributed by atoms with Crippen molar-refractivity contribution in [1.82, 2.24) is 16.0 Å². The van der Waals surface area contributed by atoms with Gasteiger partial charge in [0.15, 0.2) is 5.78 Å². The summed E-state index contributed by atoms with van der Waals surface area (Å²) < 4.78 is 0. The lowest BCUT2D eigenvalue weighted by atomic mass is 10.0. The highest BCUT2D eigenvalue weighted by Crippen LogP contribution is 2.12. The molecule has 0 spiro atoms. The molecule has 0 saturated heterocycles. The number of phenols is 1. The van der Waals surface area contributed by atoms with Crippen molar-refractivity contribution in [1.29, 1.82) is 0 Å². The van der Waals surface area contributed by atoms with Crippen LogP contribution in [0, 0.1) is 0 Å². The minimum absolute atomic E-state index is 0.0164. The molecule has 0 aliphatic heterocycles. The average molecular weight is 442 g/mol. The molecule has 1 atom stereocenters. The molecule has 1 unspecified atom stereocenters. The first-order valence-corrected chi connectivity index (χ1v) is 10.9. The first-order valence-electron chi connectivity index (χ1n) is 10.9. The zero-order valence-electron chi connectivity index (χ0n) is 19.6. The molecule has 2 amide bonds. The largest absolute Gasteiger partial charge is 0.508 e. The zero-order valence-corrected chi connectivity index (χ0v) is 19.6. The van der Waals surface area contributed by atoms with Crippen LogP contribution in [0.15, 0.2) is 48.5 Å². The standard InChI is InChI=1S/C23H29N3O4.C2H6/c1-15(2)24-14-22(29)26-21(12-17-6-10-20(28)11-7-17)23(30)25-13-18-4-8-19(9-5-18)16(3)27;1-2/h4-11,15,21,24,28H,12-14H2,1-3H3,(H,25,30)(H,26,29);1-2H3. The summed E-state index contributed by atoms with van der Waals surface area (Å²) in [6.07, 6.45) is 0.294. The van der Waals surface area contributed by atoms with Crippen LogP contribution >= 0.6 is 0 Å². The summed E-state index contributed by atoms with van der Waals surface area (Å²) in [6.45, 7) is 9.77. The molecule has 2 aromatic carbocycles. The number of rotatable bonds is 10. The van der Waals surface area contributed by atoms with Gasteiger partial charge in [0.2, 0.25) is 11.8 Å². The highest BCUT2D eigenvalue weighted by atomic mass is 16.3. The van der Waals surface area contributed by atoms with Gasteiger partial charge in [0, 0.05) is 24.6 Å². The van der Waals surface area contributed by atoms with Gasteiger partial charge in [-0.05, 0) is 30.2 Å². The van der Waals surface area contributed by atoms with Gasteiger partial charge in [-0.25, -0.2) is 0 Å². The minimum atomic E-state index is -0.757. The molecule has 7 nitrogen and oxygen atoms in total. The summed E-state index contributed by atoms with van der Waals surface area (Å²) in [7, 11) is 0. The molecule has 0 aromatic heterocycles. The molecule has 32 heavy (non-hydrogen) atoms. The average Bonchev–Trinajstić information content (AvgIpc) is 2.78. The Hall–Kier alpha value is -3.19. The lowest BCUT2D eigenvalue weighted by molar-refractivity contribution is -0.128. The summed E-state index contributed by atoms with van der Waals surface area (Å²) in [6, 6.07) is 12.9. The van der Waals surface area contributed by atoms with E-state index in [1.54, 1.807) is 48.5 Å². The summed E-state index contributed by atoms with van der Waals surface area (Å²) >= 11 is 0. The number of hydrogen-bond acceptors (Lipinski definition) is 5. The lowest BCUT2D eigenvalue weighted by Crippen LogP contribution is -2.50. The Kier molecular flexibility index (Phi) is 11.7. The van der Waals surface area contributed by atoms with E-state index in [1.165, 1.54) is 6.92 Å². The van der Waals surface area contributed by atoms with E-state index in [2.05, 4.69) is 16.0 Å². The molecule has 0 aliphatic rings. The van der Waals surface area contributed by atoms with E-state index >= 15 is 0 Å². The smallest absolute Gasteiger partial charge is 0.243 e. The number of benzene rings is 2. The van der Waals surface area contributed by atoms with Crippen molar-refractivity contribution < 1.29 is 19.5 Å². The molecular formula is C25H35N3O4. The number of phenolic OH excluding ortho intramolecular Hbond substituents is 1. The summed E-state index contributed by atoms with van der Waals surface area (Å²) in [4.78, 5) is 36.4. The van der Waals surface area contributed by atoms with E-state index < -0.39 is 6.04 Å². The van der Waals surface area contributed by atoms with Gasteiger partial charge in [0.05, 0.1) is 6.54 Å². The maximum absolute atomic E-state index is 12.8. The first kappa shape index (κ1) is 26.8. The molecule has 0 radical (unpaired) electrons. The van der Waals surface area contributed by atoms with Gasteiger partial charge in [-0.2, -0.15) is 0 Å². The molecule has 2 aromatic rings. The Morgan fingerprint density at radius 1 is 0.906 bits per heavy atom. The fourth-order valence-electron chi connectivity index (χ4n) is 2.79. The van der Waals surface area contributed by atoms with Crippen molar-refractivity contribution >= 4 is 17.6 Å². The Balaban J connectivity index is 0.00000249. The summed E-state index contributed by atoms with van der Waals surface area (Å²) in [5.74, 6) is -0.457. The van der Waals surface area contributed by atoms with Crippen LogP contribution in [0.2, 0.25) is 0 Å². The molecular weight excluding hydrogens is 406 g/mol. The van der Waals surface area contributed by atoms with E-state index in [-0.39, 0.29) is 42.5 Å². The van der Waals surface area contributed by atoms with Crippen LogP contribution in [0.4, 0.5) is 0 Å². The highest BCUT2D eigenvalue weighted by molar-refractivity contribution is 5.94. The number of carbonyl (C=O) groups is 3. The molecule has 0 fully saturated rings. The van der Waals surface area contributed by atoms with E-state index in [0.29, 0.717) is 12.0 Å². The third kappa shape index (κ3) is 9.75. The maximum Gasteiger partial charge on any atom is 0.243 e. The Morgan fingerprint density at radius 2 is 1.47 bits per heavy atom. The SMILES string of the molecule is CC.CC(=O)c1ccc(CNC(=O)C(Cc2ccc(O)cc2)NC(=O)CNC(C)C)cc1. The van der Waals surface area contributed by atoms with Crippen LogP contribution < -0.4 is 16.0 Å². The topological polar surface area (TPSA) is 108 Å². The number of Topliss-reactive ketones (excluding diaryl/α,β-unsaturated/α-hetero) is 1. The molecule has 0 aliphatic carbocycles. The second-order valence-corrected chi connectivity index (χ2v) is 7.50. The van der Waals surface area contributed by atoms with Gasteiger partial charge >= 0.3 is 0 Å². The Labute approximate surface area is 190 Å². The lowest BCUT2D eigenvalue weighted by Gasteiger charge is -2.19. The summed E-state index contributed by atoms with van der Waals surface area (Å²) in [5, 5.41) is 18.1. The van der Waals surface area contributed by atoms with Crippen LogP contribution in [0.1, 0.15) is 56.1 Å². The Bertz CT molecular complexity index is 862. The molecule has 0 saturated carbocycles. The number of aromatic hydroxyl groups is 1. The molecule has 0 heterocycles. The van der Waals surface area contributed by atoms with Gasteiger partial charge in [-0.3, -0.25) is 14.4 Å². The van der Waals surface area contributed by atoms with Crippen LogP contribution in [-0.4, -0.2) is 41.3 Å². The highest BCUT2D eigenvalue weighted by Gasteiger charge is 2.21. The first-order chi connectivity index (χ1) is 15.2. The van der Waals surface area contributed by atoms with E-state index in [9.17, 15) is 19.5 Å². The maximum atomic E-state index is 12.8. The van der Waals surface area contributed by atoms with Gasteiger partial charge in [0.1, 0.15) is 11.8 Å². The van der Waals surface area contributed by atoms with Crippen molar-refractivity contribution in [2.45, 2.75) is 59.7 Å². The second kappa shape index (κ2) is 14.0. The van der Waals surface area contributed by atoms with Gasteiger partial charge in [-0.15, -0.1) is 0 Å². The van der Waals surface area contributed by atoms with E-state index in [1.807, 2.05) is 27.7 Å². The zero-order chi connectivity index (χ0) is 24.1. The molecule has 2 rings (SSSR count). The third-order valence-electron chi connectivity index (χ3n) is 4.53. The van der Waals surface area contributed by atoms with Crippen LogP contribution in [0.5, 0.6) is 5.75 Å². The third-order valence-corrected chi connectivity index (χ3v) is 4.53. The van der Waals surface area contributed by atoms with Gasteiger partial charge < -0.3 is 21.1 Å². The van der Waals surface area contributed by atoms with Crippen molar-refractivity contribution in [3.05, 3.63) is 65.2 Å². The second-order valence-electron chi connectivity index (χ2n) is 7.50. The quantitative estimate of drug-likeness (QED) is 0.424. The summed E-state index contributed by atoms with van der Waals surface area (Å²) in [5.41, 5.74) is 2.28. The van der Waals surface area contributed by atoms with Gasteiger partial charge in [-0.1, -0.05) is 64.1 Å². The number of nitrogens with one attached hydrogen (secondary N) is 3. The Morgan fingerprint density at radius 3 is 2.00 bits per heavy atom. The van der Waals surface area contributed by atoms with Crippen molar-refractivity contribution in [3.8, 4) is 5.75 Å². The predicted molar refractivity (Wildman–Crippen MR) is 127 cm³/mol. The number of ketones is 1. The van der Waals surface area contributed by atoms with Crippen LogP contribution in [0.25, 0.3) is 0 Å². The molecule has 0 bridgehead atoms. The number of amides is 2. The fraction of sp³-hybridized carbons (Fsp3) is 0.400. The fourth-order valence-corrected chi connectivity index (χ4v) is 2.79. The molecule has 4 N–H and O–H groups in total.